The number of aromatic nitrogens is 2. The molecule has 1 aromatic heterocycles. The van der Waals surface area contributed by atoms with E-state index in [1.165, 1.54) is 22.9 Å². The van der Waals surface area contributed by atoms with Crippen molar-refractivity contribution in [2.75, 3.05) is 13.1 Å². The molecule has 4 aromatic rings. The van der Waals surface area contributed by atoms with Crippen LogP contribution < -0.4 is 4.74 Å². The standard InChI is InChI=1S/C28H29N3O3S/c1-20-25(23-9-3-2-4-10-23)11-6-12-26(20)33-18-27-29-30-28(34-27)35-19-22-8-5-7-21(15-22)16-31-14-13-24(32)17-31/h2-12,15,24,32H,13-14,16-19H2,1H3/t24-/m1/s1. The number of aliphatic hydroxyl groups excluding tert-OH is 1. The van der Waals surface area contributed by atoms with Gasteiger partial charge in [-0.2, -0.15) is 0 Å². The highest BCUT2D eigenvalue weighted by Gasteiger charge is 2.20. The molecule has 1 N–H and O–H groups in total. The van der Waals surface area contributed by atoms with Gasteiger partial charge in [-0.3, -0.25) is 4.90 Å². The maximum Gasteiger partial charge on any atom is 0.277 e. The van der Waals surface area contributed by atoms with Gasteiger partial charge >= 0.3 is 0 Å². The fourth-order valence-corrected chi connectivity index (χ4v) is 5.10. The molecule has 1 aliphatic rings. The molecule has 35 heavy (non-hydrogen) atoms. The lowest BCUT2D eigenvalue weighted by Crippen LogP contribution is -2.21. The van der Waals surface area contributed by atoms with Crippen molar-refractivity contribution in [1.29, 1.82) is 0 Å². The van der Waals surface area contributed by atoms with Crippen molar-refractivity contribution in [3.8, 4) is 16.9 Å². The molecule has 1 saturated heterocycles. The van der Waals surface area contributed by atoms with Crippen molar-refractivity contribution in [2.24, 2.45) is 0 Å². The summed E-state index contributed by atoms with van der Waals surface area (Å²) >= 11 is 1.52. The Hall–Kier alpha value is -3.13. The predicted molar refractivity (Wildman–Crippen MR) is 137 cm³/mol. The molecular formula is C28H29N3O3S. The summed E-state index contributed by atoms with van der Waals surface area (Å²) in [4.78, 5) is 2.29. The maximum absolute atomic E-state index is 9.74. The first-order valence-electron chi connectivity index (χ1n) is 11.9. The molecule has 180 valence electrons. The number of rotatable bonds is 9. The van der Waals surface area contributed by atoms with Gasteiger partial charge < -0.3 is 14.3 Å². The summed E-state index contributed by atoms with van der Waals surface area (Å²) in [5, 5.41) is 18.6. The Bertz CT molecular complexity index is 1260. The summed E-state index contributed by atoms with van der Waals surface area (Å²) in [5.74, 6) is 2.01. The summed E-state index contributed by atoms with van der Waals surface area (Å²) in [7, 11) is 0. The Kier molecular flexibility index (Phi) is 7.47. The van der Waals surface area contributed by atoms with Crippen molar-refractivity contribution >= 4 is 11.8 Å². The molecule has 0 bridgehead atoms. The third-order valence-electron chi connectivity index (χ3n) is 6.18. The molecule has 1 atom stereocenters. The monoisotopic (exact) mass is 487 g/mol. The van der Waals surface area contributed by atoms with Crippen molar-refractivity contribution < 1.29 is 14.3 Å². The van der Waals surface area contributed by atoms with Crippen molar-refractivity contribution in [3.05, 3.63) is 95.4 Å². The van der Waals surface area contributed by atoms with Gasteiger partial charge in [-0.25, -0.2) is 0 Å². The van der Waals surface area contributed by atoms with Gasteiger partial charge in [0, 0.05) is 25.4 Å². The minimum Gasteiger partial charge on any atom is -0.484 e. The SMILES string of the molecule is Cc1c(OCc2nnc(SCc3cccc(CN4CC[C@@H](O)C4)c3)o2)cccc1-c1ccccc1. The van der Waals surface area contributed by atoms with E-state index in [1.54, 1.807) is 0 Å². The van der Waals surface area contributed by atoms with Crippen molar-refractivity contribution in [1.82, 2.24) is 15.1 Å². The molecule has 0 unspecified atom stereocenters. The van der Waals surface area contributed by atoms with Crippen LogP contribution in [0, 0.1) is 6.92 Å². The highest BCUT2D eigenvalue weighted by atomic mass is 32.2. The zero-order valence-electron chi connectivity index (χ0n) is 19.8. The van der Waals surface area contributed by atoms with Crippen LogP contribution in [0.15, 0.2) is 82.4 Å². The Labute approximate surface area is 210 Å². The minimum atomic E-state index is -0.193. The number of nitrogens with zero attached hydrogens (tertiary/aromatic N) is 3. The van der Waals surface area contributed by atoms with Crippen LogP contribution in [-0.2, 0) is 18.9 Å². The molecule has 0 spiro atoms. The smallest absolute Gasteiger partial charge is 0.277 e. The average molecular weight is 488 g/mol. The molecule has 7 heteroatoms. The molecule has 3 aromatic carbocycles. The number of hydrogen-bond acceptors (Lipinski definition) is 7. The van der Waals surface area contributed by atoms with Gasteiger partial charge in [-0.1, -0.05) is 78.5 Å². The Morgan fingerprint density at radius 3 is 2.69 bits per heavy atom. The number of β-amino-alcohol motifs (C(OH)–C–C–N with tert-alkyl or cyclic N) is 1. The maximum atomic E-state index is 9.74. The lowest BCUT2D eigenvalue weighted by atomic mass is 10.00. The second-order valence-corrected chi connectivity index (χ2v) is 9.76. The normalized spacial score (nSPS) is 16.0. The molecule has 5 rings (SSSR count). The van der Waals surface area contributed by atoms with E-state index in [2.05, 4.69) is 64.5 Å². The summed E-state index contributed by atoms with van der Waals surface area (Å²) in [6, 6.07) is 24.9. The van der Waals surface area contributed by atoms with Crippen LogP contribution in [0.4, 0.5) is 0 Å². The van der Waals surface area contributed by atoms with E-state index in [-0.39, 0.29) is 12.7 Å². The van der Waals surface area contributed by atoms with E-state index in [0.29, 0.717) is 11.1 Å². The molecule has 2 heterocycles. The number of hydrogen-bond donors (Lipinski definition) is 1. The van der Waals surface area contributed by atoms with Gasteiger partial charge in [-0.15, -0.1) is 10.2 Å². The predicted octanol–water partition coefficient (Wildman–Crippen LogP) is 5.48. The average Bonchev–Trinajstić information content (AvgIpc) is 3.51. The Morgan fingerprint density at radius 1 is 1.03 bits per heavy atom. The lowest BCUT2D eigenvalue weighted by molar-refractivity contribution is 0.175. The number of ether oxygens (including phenoxy) is 1. The first kappa shape index (κ1) is 23.6. The molecule has 0 radical (unpaired) electrons. The summed E-state index contributed by atoms with van der Waals surface area (Å²) in [6.07, 6.45) is 0.665. The van der Waals surface area contributed by atoms with Crippen LogP contribution in [0.1, 0.15) is 29.0 Å². The van der Waals surface area contributed by atoms with E-state index in [9.17, 15) is 5.11 Å². The van der Waals surface area contributed by atoms with Gasteiger partial charge in [0.05, 0.1) is 6.10 Å². The third-order valence-corrected chi connectivity index (χ3v) is 7.07. The number of benzene rings is 3. The van der Waals surface area contributed by atoms with Gasteiger partial charge in [0.25, 0.3) is 11.1 Å². The number of thioether (sulfide) groups is 1. The van der Waals surface area contributed by atoms with Crippen LogP contribution in [0.5, 0.6) is 5.75 Å². The van der Waals surface area contributed by atoms with Crippen LogP contribution in [-0.4, -0.2) is 39.4 Å². The van der Waals surface area contributed by atoms with Gasteiger partial charge in [0.2, 0.25) is 0 Å². The van der Waals surface area contributed by atoms with E-state index < -0.39 is 0 Å². The third kappa shape index (κ3) is 6.11. The molecular weight excluding hydrogens is 458 g/mol. The van der Waals surface area contributed by atoms with E-state index >= 15 is 0 Å². The van der Waals surface area contributed by atoms with Gasteiger partial charge in [0.1, 0.15) is 5.75 Å². The summed E-state index contributed by atoms with van der Waals surface area (Å²) in [6.45, 7) is 4.85. The molecule has 0 saturated carbocycles. The fraction of sp³-hybridized carbons (Fsp3) is 0.286. The van der Waals surface area contributed by atoms with Crippen LogP contribution in [0.2, 0.25) is 0 Å². The van der Waals surface area contributed by atoms with Crippen molar-refractivity contribution in [3.63, 3.8) is 0 Å². The molecule has 0 amide bonds. The zero-order valence-corrected chi connectivity index (χ0v) is 20.6. The van der Waals surface area contributed by atoms with Gasteiger partial charge in [0.15, 0.2) is 6.61 Å². The second-order valence-electron chi connectivity index (χ2n) is 8.83. The highest BCUT2D eigenvalue weighted by molar-refractivity contribution is 7.98. The largest absolute Gasteiger partial charge is 0.484 e. The molecule has 1 fully saturated rings. The topological polar surface area (TPSA) is 71.6 Å². The summed E-state index contributed by atoms with van der Waals surface area (Å²) in [5.41, 5.74) is 5.85. The van der Waals surface area contributed by atoms with Crippen LogP contribution in [0.3, 0.4) is 0 Å². The minimum absolute atomic E-state index is 0.193. The Morgan fingerprint density at radius 2 is 1.86 bits per heavy atom. The molecule has 0 aliphatic carbocycles. The van der Waals surface area contributed by atoms with Crippen molar-refractivity contribution in [2.45, 2.75) is 43.6 Å². The quantitative estimate of drug-likeness (QED) is 0.313. The van der Waals surface area contributed by atoms with Gasteiger partial charge in [-0.05, 0) is 47.2 Å². The second kappa shape index (κ2) is 11.1. The van der Waals surface area contributed by atoms with E-state index in [0.717, 1.165) is 54.2 Å². The van der Waals surface area contributed by atoms with E-state index in [1.807, 2.05) is 30.3 Å². The first-order chi connectivity index (χ1) is 17.1. The molecule has 6 nitrogen and oxygen atoms in total. The summed E-state index contributed by atoms with van der Waals surface area (Å²) < 4.78 is 11.8. The van der Waals surface area contributed by atoms with Crippen LogP contribution >= 0.6 is 11.8 Å². The first-order valence-corrected chi connectivity index (χ1v) is 12.8. The fourth-order valence-electron chi connectivity index (χ4n) is 4.37. The lowest BCUT2D eigenvalue weighted by Gasteiger charge is -2.15. The zero-order chi connectivity index (χ0) is 24.0. The number of likely N-dealkylation sites (tertiary alicyclic amines) is 1. The molecule has 1 aliphatic heterocycles. The van der Waals surface area contributed by atoms with E-state index in [4.69, 9.17) is 9.15 Å². The number of aliphatic hydroxyl groups is 1. The Balaban J connectivity index is 1.16. The highest BCUT2D eigenvalue weighted by Crippen LogP contribution is 2.30. The van der Waals surface area contributed by atoms with Crippen LogP contribution in [0.25, 0.3) is 11.1 Å².